The molecule has 0 aliphatic carbocycles. The van der Waals surface area contributed by atoms with Crippen LogP contribution in [0.25, 0.3) is 0 Å². The van der Waals surface area contributed by atoms with Gasteiger partial charge in [0.2, 0.25) is 0 Å². The van der Waals surface area contributed by atoms with Gasteiger partial charge in [0.1, 0.15) is 0 Å². The highest BCUT2D eigenvalue weighted by Crippen LogP contribution is 2.25. The maximum Gasteiger partial charge on any atom is 0.276 e. The van der Waals surface area contributed by atoms with E-state index in [1.807, 2.05) is 0 Å². The topological polar surface area (TPSA) is 63.4 Å². The highest BCUT2D eigenvalue weighted by atomic mass is 35.5. The van der Waals surface area contributed by atoms with Crippen molar-refractivity contribution in [1.29, 1.82) is 0 Å². The molecule has 1 aromatic carbocycles. The largest absolute Gasteiger partial charge is 0.391 e. The highest BCUT2D eigenvalue weighted by molar-refractivity contribution is 6.31. The van der Waals surface area contributed by atoms with Crippen molar-refractivity contribution >= 4 is 17.3 Å². The van der Waals surface area contributed by atoms with Gasteiger partial charge in [-0.15, -0.1) is 0 Å². The van der Waals surface area contributed by atoms with Crippen LogP contribution in [0, 0.1) is 16.2 Å². The average Bonchev–Trinajstić information content (AvgIpc) is 2.03. The fourth-order valence-corrected chi connectivity index (χ4v) is 1.03. The van der Waals surface area contributed by atoms with Crippen LogP contribution >= 0.6 is 11.6 Å². The van der Waals surface area contributed by atoms with Gasteiger partial charge in [-0.3, -0.25) is 10.1 Å². The van der Waals surface area contributed by atoms with E-state index in [1.165, 1.54) is 12.1 Å². The molecule has 0 aliphatic heterocycles. The predicted octanol–water partition coefficient (Wildman–Crippen LogP) is 1.54. The van der Waals surface area contributed by atoms with E-state index in [1.54, 1.807) is 0 Å². The molecule has 0 aromatic heterocycles. The minimum Gasteiger partial charge on any atom is -0.391 e. The molecule has 0 amide bonds. The highest BCUT2D eigenvalue weighted by Gasteiger charge is 2.14. The Hall–Kier alpha value is -1.13. The van der Waals surface area contributed by atoms with Crippen LogP contribution in [0.4, 0.5) is 5.69 Å². The molecule has 0 saturated heterocycles. The van der Waals surface area contributed by atoms with E-state index in [9.17, 15) is 10.1 Å². The molecular weight excluding hydrogens is 182 g/mol. The summed E-state index contributed by atoms with van der Waals surface area (Å²) in [7, 11) is 0. The summed E-state index contributed by atoms with van der Waals surface area (Å²) in [5, 5.41) is 19.2. The quantitative estimate of drug-likeness (QED) is 0.563. The van der Waals surface area contributed by atoms with Crippen LogP contribution in [0.3, 0.4) is 0 Å². The zero-order valence-electron chi connectivity index (χ0n) is 5.95. The van der Waals surface area contributed by atoms with Gasteiger partial charge in [-0.05, 0) is 6.07 Å². The van der Waals surface area contributed by atoms with E-state index in [2.05, 4.69) is 6.07 Å². The van der Waals surface area contributed by atoms with E-state index >= 15 is 0 Å². The number of benzene rings is 1. The Morgan fingerprint density at radius 2 is 2.42 bits per heavy atom. The first-order chi connectivity index (χ1) is 5.66. The first-order valence-corrected chi connectivity index (χ1v) is 3.49. The van der Waals surface area contributed by atoms with Crippen molar-refractivity contribution in [2.75, 3.05) is 0 Å². The molecule has 0 spiro atoms. The van der Waals surface area contributed by atoms with Gasteiger partial charge in [0.15, 0.2) is 0 Å². The molecule has 1 rings (SSSR count). The molecule has 0 atom stereocenters. The summed E-state index contributed by atoms with van der Waals surface area (Å²) in [6.07, 6.45) is 0. The molecular formula is C7H5ClNO3. The van der Waals surface area contributed by atoms with Crippen molar-refractivity contribution in [2.24, 2.45) is 0 Å². The van der Waals surface area contributed by atoms with Crippen LogP contribution < -0.4 is 0 Å². The minimum absolute atomic E-state index is 0.0895. The normalized spacial score (nSPS) is 9.83. The van der Waals surface area contributed by atoms with Crippen molar-refractivity contribution in [3.05, 3.63) is 38.9 Å². The van der Waals surface area contributed by atoms with Gasteiger partial charge in [0.05, 0.1) is 22.1 Å². The molecule has 12 heavy (non-hydrogen) atoms. The zero-order chi connectivity index (χ0) is 9.14. The monoisotopic (exact) mass is 186 g/mol. The molecule has 1 N–H and O–H groups in total. The Kier molecular flexibility index (Phi) is 2.62. The SMILES string of the molecule is O=[N+]([O-])c1cc[c]c(Cl)c1CO. The van der Waals surface area contributed by atoms with Crippen molar-refractivity contribution in [3.63, 3.8) is 0 Å². The number of rotatable bonds is 2. The molecule has 0 heterocycles. The smallest absolute Gasteiger partial charge is 0.276 e. The van der Waals surface area contributed by atoms with E-state index in [-0.39, 0.29) is 16.3 Å². The lowest BCUT2D eigenvalue weighted by Crippen LogP contribution is -1.95. The van der Waals surface area contributed by atoms with Gasteiger partial charge >= 0.3 is 0 Å². The summed E-state index contributed by atoms with van der Waals surface area (Å²) < 4.78 is 0. The fraction of sp³-hybridized carbons (Fsp3) is 0.143. The van der Waals surface area contributed by atoms with E-state index in [0.717, 1.165) is 0 Å². The van der Waals surface area contributed by atoms with Crippen LogP contribution in [0.5, 0.6) is 0 Å². The lowest BCUT2D eigenvalue weighted by atomic mass is 10.2. The average molecular weight is 187 g/mol. The van der Waals surface area contributed by atoms with Crippen molar-refractivity contribution in [1.82, 2.24) is 0 Å². The maximum absolute atomic E-state index is 10.4. The maximum atomic E-state index is 10.4. The molecule has 0 unspecified atom stereocenters. The van der Waals surface area contributed by atoms with Crippen molar-refractivity contribution in [3.8, 4) is 0 Å². The third-order valence-corrected chi connectivity index (χ3v) is 1.72. The fourth-order valence-electron chi connectivity index (χ4n) is 0.815. The van der Waals surface area contributed by atoms with Gasteiger partial charge in [0.25, 0.3) is 5.69 Å². The third kappa shape index (κ3) is 1.54. The molecule has 1 radical (unpaired) electrons. The molecule has 0 bridgehead atoms. The lowest BCUT2D eigenvalue weighted by Gasteiger charge is -1.99. The molecule has 1 aromatic rings. The minimum atomic E-state index is -0.592. The Balaban J connectivity index is 3.27. The second-order valence-corrected chi connectivity index (χ2v) is 2.45. The summed E-state index contributed by atoms with van der Waals surface area (Å²) >= 11 is 5.55. The molecule has 5 heteroatoms. The number of nitro benzene ring substituents is 1. The number of nitrogens with zero attached hydrogens (tertiary/aromatic N) is 1. The number of hydrogen-bond donors (Lipinski definition) is 1. The molecule has 0 aliphatic rings. The Morgan fingerprint density at radius 3 is 2.83 bits per heavy atom. The van der Waals surface area contributed by atoms with Gasteiger partial charge in [0, 0.05) is 12.1 Å². The lowest BCUT2D eigenvalue weighted by molar-refractivity contribution is -0.385. The number of halogens is 1. The second kappa shape index (κ2) is 3.51. The first-order valence-electron chi connectivity index (χ1n) is 3.11. The Bertz CT molecular complexity index is 314. The van der Waals surface area contributed by atoms with Crippen LogP contribution in [0.1, 0.15) is 5.56 Å². The van der Waals surface area contributed by atoms with Crippen LogP contribution in [-0.2, 0) is 6.61 Å². The zero-order valence-corrected chi connectivity index (χ0v) is 6.71. The summed E-state index contributed by atoms with van der Waals surface area (Å²) in [6.45, 7) is -0.452. The van der Waals surface area contributed by atoms with Crippen molar-refractivity contribution in [2.45, 2.75) is 6.61 Å². The molecule has 4 nitrogen and oxygen atoms in total. The van der Waals surface area contributed by atoms with Crippen LogP contribution in [0.15, 0.2) is 12.1 Å². The molecule has 0 fully saturated rings. The van der Waals surface area contributed by atoms with E-state index in [4.69, 9.17) is 16.7 Å². The van der Waals surface area contributed by atoms with Gasteiger partial charge in [-0.2, -0.15) is 0 Å². The van der Waals surface area contributed by atoms with Crippen molar-refractivity contribution < 1.29 is 10.0 Å². The van der Waals surface area contributed by atoms with E-state index < -0.39 is 11.5 Å². The molecule has 63 valence electrons. The number of hydrogen-bond acceptors (Lipinski definition) is 3. The van der Waals surface area contributed by atoms with Crippen LogP contribution in [0.2, 0.25) is 5.02 Å². The third-order valence-electron chi connectivity index (χ3n) is 1.38. The van der Waals surface area contributed by atoms with Gasteiger partial charge in [-0.25, -0.2) is 0 Å². The van der Waals surface area contributed by atoms with Crippen LogP contribution in [-0.4, -0.2) is 10.0 Å². The summed E-state index contributed by atoms with van der Waals surface area (Å²) in [6, 6.07) is 5.14. The van der Waals surface area contributed by atoms with Gasteiger partial charge < -0.3 is 5.11 Å². The first kappa shape index (κ1) is 8.96. The molecule has 0 saturated carbocycles. The van der Waals surface area contributed by atoms with Gasteiger partial charge in [-0.1, -0.05) is 11.6 Å². The Labute approximate surface area is 73.5 Å². The standard InChI is InChI=1S/C7H5ClNO3/c8-6-2-1-3-7(9(11)12)5(6)4-10/h1,3,10H,4H2. The number of nitro groups is 1. The number of aliphatic hydroxyl groups excluding tert-OH is 1. The Morgan fingerprint density at radius 1 is 1.75 bits per heavy atom. The summed E-state index contributed by atoms with van der Waals surface area (Å²) in [5.41, 5.74) is -0.0783. The summed E-state index contributed by atoms with van der Waals surface area (Å²) in [4.78, 5) is 9.76. The second-order valence-electron chi connectivity index (χ2n) is 2.07. The van der Waals surface area contributed by atoms with E-state index in [0.29, 0.717) is 0 Å². The predicted molar refractivity (Wildman–Crippen MR) is 42.9 cm³/mol. The summed E-state index contributed by atoms with van der Waals surface area (Å²) in [5.74, 6) is 0. The number of aliphatic hydroxyl groups is 1.